The summed E-state index contributed by atoms with van der Waals surface area (Å²) >= 11 is 0. The van der Waals surface area contributed by atoms with Crippen LogP contribution in [0, 0.1) is 0 Å². The number of nitrogen functional groups attached to an aromatic ring is 1. The molecule has 1 fully saturated rings. The Morgan fingerprint density at radius 1 is 1.08 bits per heavy atom. The van der Waals surface area contributed by atoms with Gasteiger partial charge in [0.15, 0.2) is 6.29 Å². The first-order valence-corrected chi connectivity index (χ1v) is 8.53. The van der Waals surface area contributed by atoms with Crippen molar-refractivity contribution in [1.82, 2.24) is 4.90 Å². The molecule has 2 aromatic carbocycles. The van der Waals surface area contributed by atoms with Gasteiger partial charge in [-0.2, -0.15) is 0 Å². The van der Waals surface area contributed by atoms with Crippen LogP contribution < -0.4 is 21.7 Å². The number of primary amides is 1. The van der Waals surface area contributed by atoms with Crippen LogP contribution in [0.5, 0.6) is 0 Å². The van der Waals surface area contributed by atoms with Gasteiger partial charge < -0.3 is 21.7 Å². The predicted octanol–water partition coefficient (Wildman–Crippen LogP) is 1.13. The van der Waals surface area contributed by atoms with Crippen molar-refractivity contribution >= 4 is 29.3 Å². The second kappa shape index (κ2) is 7.88. The summed E-state index contributed by atoms with van der Waals surface area (Å²) in [5.41, 5.74) is 13.7. The minimum Gasteiger partial charge on any atom is -0.399 e. The van der Waals surface area contributed by atoms with Crippen LogP contribution in [0.15, 0.2) is 48.5 Å². The van der Waals surface area contributed by atoms with E-state index in [1.807, 2.05) is 23.1 Å². The van der Waals surface area contributed by atoms with Gasteiger partial charge in [-0.3, -0.25) is 14.5 Å². The summed E-state index contributed by atoms with van der Waals surface area (Å²) in [5, 5.41) is 3.10. The van der Waals surface area contributed by atoms with Gasteiger partial charge in [-0.15, -0.1) is 0 Å². The Bertz CT molecular complexity index is 773. The molecule has 1 atom stereocenters. The van der Waals surface area contributed by atoms with Crippen LogP contribution in [-0.2, 0) is 4.79 Å². The van der Waals surface area contributed by atoms with Crippen molar-refractivity contribution in [2.45, 2.75) is 6.17 Å². The van der Waals surface area contributed by atoms with Crippen molar-refractivity contribution in [3.63, 3.8) is 0 Å². The molecular formula is C19H23N5O2. The van der Waals surface area contributed by atoms with E-state index in [0.717, 1.165) is 32.5 Å². The molecule has 0 radical (unpaired) electrons. The molecule has 0 aromatic heterocycles. The number of para-hydroxylation sites is 1. The molecule has 2 aromatic rings. The number of hydrogen-bond donors (Lipinski definition) is 3. The third kappa shape index (κ3) is 3.94. The summed E-state index contributed by atoms with van der Waals surface area (Å²) in [6.45, 7) is 3.07. The molecule has 0 aliphatic carbocycles. The van der Waals surface area contributed by atoms with Crippen LogP contribution in [0.25, 0.3) is 0 Å². The van der Waals surface area contributed by atoms with Crippen molar-refractivity contribution in [1.29, 1.82) is 0 Å². The maximum absolute atomic E-state index is 11.7. The first-order chi connectivity index (χ1) is 12.6. The molecule has 1 saturated heterocycles. The maximum Gasteiger partial charge on any atom is 0.250 e. The molecule has 26 heavy (non-hydrogen) atoms. The highest BCUT2D eigenvalue weighted by Crippen LogP contribution is 2.21. The van der Waals surface area contributed by atoms with Crippen molar-refractivity contribution in [3.05, 3.63) is 54.1 Å². The number of carbonyl (C=O) groups excluding carboxylic acids is 2. The molecule has 1 heterocycles. The molecule has 5 N–H and O–H groups in total. The van der Waals surface area contributed by atoms with Gasteiger partial charge in [0.1, 0.15) is 6.17 Å². The lowest BCUT2D eigenvalue weighted by atomic mass is 10.1. The summed E-state index contributed by atoms with van der Waals surface area (Å²) in [7, 11) is 0. The van der Waals surface area contributed by atoms with Gasteiger partial charge in [-0.1, -0.05) is 18.2 Å². The summed E-state index contributed by atoms with van der Waals surface area (Å²) in [6, 6.07) is 15.0. The molecule has 0 bridgehead atoms. The smallest absolute Gasteiger partial charge is 0.250 e. The highest BCUT2D eigenvalue weighted by Gasteiger charge is 2.24. The fourth-order valence-electron chi connectivity index (χ4n) is 3.16. The number of nitrogens with two attached hydrogens (primary N) is 2. The number of amides is 1. The first-order valence-electron chi connectivity index (χ1n) is 8.53. The maximum atomic E-state index is 11.7. The average molecular weight is 353 g/mol. The predicted molar refractivity (Wildman–Crippen MR) is 103 cm³/mol. The van der Waals surface area contributed by atoms with E-state index >= 15 is 0 Å². The van der Waals surface area contributed by atoms with E-state index in [9.17, 15) is 9.59 Å². The van der Waals surface area contributed by atoms with Crippen LogP contribution in [-0.4, -0.2) is 49.4 Å². The Balaban J connectivity index is 1.68. The van der Waals surface area contributed by atoms with Gasteiger partial charge in [0.05, 0.1) is 11.3 Å². The molecule has 1 unspecified atom stereocenters. The van der Waals surface area contributed by atoms with Crippen LogP contribution >= 0.6 is 0 Å². The monoisotopic (exact) mass is 353 g/mol. The Morgan fingerprint density at radius 2 is 1.77 bits per heavy atom. The molecule has 1 aliphatic heterocycles. The van der Waals surface area contributed by atoms with Crippen LogP contribution in [0.3, 0.4) is 0 Å². The second-order valence-corrected chi connectivity index (χ2v) is 6.25. The number of nitrogens with zero attached hydrogens (tertiary/aromatic N) is 2. The minimum atomic E-state index is -0.564. The van der Waals surface area contributed by atoms with E-state index in [1.165, 1.54) is 5.69 Å². The lowest BCUT2D eigenvalue weighted by molar-refractivity contribution is -0.111. The molecule has 1 amide bonds. The van der Waals surface area contributed by atoms with Gasteiger partial charge in [-0.25, -0.2) is 0 Å². The molecule has 0 spiro atoms. The summed E-state index contributed by atoms with van der Waals surface area (Å²) in [6.07, 6.45) is 0.291. The van der Waals surface area contributed by atoms with Crippen molar-refractivity contribution in [2.75, 3.05) is 42.1 Å². The number of rotatable bonds is 6. The molecule has 7 heteroatoms. The number of benzene rings is 2. The molecule has 7 nitrogen and oxygen atoms in total. The van der Waals surface area contributed by atoms with E-state index in [2.05, 4.69) is 22.3 Å². The van der Waals surface area contributed by atoms with E-state index in [-0.39, 0.29) is 0 Å². The Labute approximate surface area is 152 Å². The van der Waals surface area contributed by atoms with Crippen molar-refractivity contribution < 1.29 is 9.59 Å². The van der Waals surface area contributed by atoms with Crippen LogP contribution in [0.4, 0.5) is 17.1 Å². The average Bonchev–Trinajstić information content (AvgIpc) is 2.67. The minimum absolute atomic E-state index is 0.314. The van der Waals surface area contributed by atoms with Gasteiger partial charge in [0.25, 0.3) is 5.91 Å². The van der Waals surface area contributed by atoms with Crippen molar-refractivity contribution in [3.8, 4) is 0 Å². The van der Waals surface area contributed by atoms with Gasteiger partial charge in [-0.05, 0) is 30.3 Å². The van der Waals surface area contributed by atoms with Gasteiger partial charge >= 0.3 is 0 Å². The van der Waals surface area contributed by atoms with Gasteiger partial charge in [0, 0.05) is 37.6 Å². The topological polar surface area (TPSA) is 105 Å². The molecule has 136 valence electrons. The summed E-state index contributed by atoms with van der Waals surface area (Å²) in [4.78, 5) is 27.6. The van der Waals surface area contributed by atoms with Crippen molar-refractivity contribution in [2.24, 2.45) is 5.73 Å². The lowest BCUT2D eigenvalue weighted by Crippen LogP contribution is -2.53. The van der Waals surface area contributed by atoms with E-state index in [1.54, 1.807) is 18.2 Å². The lowest BCUT2D eigenvalue weighted by Gasteiger charge is -2.39. The number of piperazine rings is 1. The quantitative estimate of drug-likeness (QED) is 0.531. The highest BCUT2D eigenvalue weighted by atomic mass is 16.1. The number of carbonyl (C=O) groups is 2. The van der Waals surface area contributed by atoms with Crippen LogP contribution in [0.2, 0.25) is 0 Å². The summed E-state index contributed by atoms with van der Waals surface area (Å²) in [5.74, 6) is -0.564. The Kier molecular flexibility index (Phi) is 5.38. The fourth-order valence-corrected chi connectivity index (χ4v) is 3.16. The number of aldehydes is 1. The number of anilines is 3. The van der Waals surface area contributed by atoms with E-state index < -0.39 is 12.1 Å². The molecule has 3 rings (SSSR count). The zero-order valence-corrected chi connectivity index (χ0v) is 14.5. The zero-order valence-electron chi connectivity index (χ0n) is 14.5. The van der Waals surface area contributed by atoms with Gasteiger partial charge in [0.2, 0.25) is 0 Å². The first kappa shape index (κ1) is 17.8. The third-order valence-electron chi connectivity index (χ3n) is 4.57. The normalized spacial score (nSPS) is 16.1. The molecule has 0 saturated carbocycles. The highest BCUT2D eigenvalue weighted by molar-refractivity contribution is 5.99. The summed E-state index contributed by atoms with van der Waals surface area (Å²) < 4.78 is 0. The molecule has 1 aliphatic rings. The number of hydrogen-bond acceptors (Lipinski definition) is 6. The Hall–Kier alpha value is -3.06. The molecular weight excluding hydrogens is 330 g/mol. The largest absolute Gasteiger partial charge is 0.399 e. The third-order valence-corrected chi connectivity index (χ3v) is 4.57. The van der Waals surface area contributed by atoms with E-state index in [0.29, 0.717) is 16.9 Å². The standard InChI is InChI=1S/C19H23N5O2/c20-14-6-7-16(19(21)26)17(12-14)22-18(13-25)24-10-8-23(9-11-24)15-4-2-1-3-5-15/h1-7,12-13,18,22H,8-11,20H2,(H2,21,26). The second-order valence-electron chi connectivity index (χ2n) is 6.25. The Morgan fingerprint density at radius 3 is 2.38 bits per heavy atom. The van der Waals surface area contributed by atoms with Crippen LogP contribution in [0.1, 0.15) is 10.4 Å². The number of nitrogens with one attached hydrogen (secondary N) is 1. The van der Waals surface area contributed by atoms with E-state index in [4.69, 9.17) is 11.5 Å². The zero-order chi connectivity index (χ0) is 18.5. The fraction of sp³-hybridized carbons (Fsp3) is 0.263. The SMILES string of the molecule is NC(=O)c1ccc(N)cc1NC(C=O)N1CCN(c2ccccc2)CC1.